The zero-order chi connectivity index (χ0) is 11.3. The van der Waals surface area contributed by atoms with E-state index in [-0.39, 0.29) is 0 Å². The van der Waals surface area contributed by atoms with Crippen molar-refractivity contribution in [3.8, 4) is 0 Å². The minimum atomic E-state index is 0.582. The van der Waals surface area contributed by atoms with E-state index in [2.05, 4.69) is 50.9 Å². The number of rotatable bonds is 5. The van der Waals surface area contributed by atoms with Crippen molar-refractivity contribution in [3.05, 3.63) is 32.2 Å². The number of hydrogen-bond acceptors (Lipinski definition) is 2. The van der Waals surface area contributed by atoms with Crippen molar-refractivity contribution < 1.29 is 4.74 Å². The van der Waals surface area contributed by atoms with Crippen molar-refractivity contribution in [2.24, 2.45) is 5.73 Å². The van der Waals surface area contributed by atoms with Gasteiger partial charge in [0.2, 0.25) is 0 Å². The first-order valence-corrected chi connectivity index (χ1v) is 6.46. The van der Waals surface area contributed by atoms with E-state index in [1.165, 1.54) is 11.1 Å². The first-order chi connectivity index (χ1) is 7.15. The van der Waals surface area contributed by atoms with Gasteiger partial charge in [-0.2, -0.15) is 0 Å². The van der Waals surface area contributed by atoms with Crippen LogP contribution in [-0.4, -0.2) is 19.8 Å². The van der Waals surface area contributed by atoms with Crippen molar-refractivity contribution in [2.75, 3.05) is 19.8 Å². The van der Waals surface area contributed by atoms with E-state index < -0.39 is 0 Å². The van der Waals surface area contributed by atoms with Crippen molar-refractivity contribution in [1.82, 2.24) is 0 Å². The van der Waals surface area contributed by atoms with E-state index in [4.69, 9.17) is 10.5 Å². The number of hydrogen-bond donors (Lipinski definition) is 1. The molecule has 2 nitrogen and oxygen atoms in total. The zero-order valence-electron chi connectivity index (χ0n) is 8.72. The Kier molecular flexibility index (Phi) is 5.82. The molecule has 0 atom stereocenters. The number of benzene rings is 1. The molecule has 0 aliphatic rings. The van der Waals surface area contributed by atoms with E-state index >= 15 is 0 Å². The highest BCUT2D eigenvalue weighted by atomic mass is 79.9. The molecule has 2 N–H and O–H groups in total. The Hall–Kier alpha value is 0.1000. The van der Waals surface area contributed by atoms with Gasteiger partial charge in [-0.15, -0.1) is 0 Å². The molecular weight excluding hydrogens is 322 g/mol. The molecule has 0 unspecified atom stereocenters. The normalized spacial score (nSPS) is 10.7. The van der Waals surface area contributed by atoms with Gasteiger partial charge in [0.05, 0.1) is 13.2 Å². The Bertz CT molecular complexity index is 329. The lowest BCUT2D eigenvalue weighted by atomic mass is 10.1. The van der Waals surface area contributed by atoms with Gasteiger partial charge in [0.25, 0.3) is 0 Å². The fourth-order valence-electron chi connectivity index (χ4n) is 1.25. The molecule has 4 heteroatoms. The van der Waals surface area contributed by atoms with Crippen LogP contribution in [0.1, 0.15) is 11.1 Å². The second-order valence-corrected chi connectivity index (χ2v) is 5.05. The maximum Gasteiger partial charge on any atom is 0.0588 e. The SMILES string of the molecule is Cc1cc(Br)c(CCOCCN)cc1Br. The van der Waals surface area contributed by atoms with Crippen molar-refractivity contribution in [2.45, 2.75) is 13.3 Å². The molecule has 1 aromatic carbocycles. The number of halogens is 2. The molecule has 1 aromatic rings. The first-order valence-electron chi connectivity index (χ1n) is 4.87. The van der Waals surface area contributed by atoms with E-state index in [1.54, 1.807) is 0 Å². The minimum absolute atomic E-state index is 0.582. The smallest absolute Gasteiger partial charge is 0.0588 e. The summed E-state index contributed by atoms with van der Waals surface area (Å²) < 4.78 is 7.63. The average molecular weight is 337 g/mol. The van der Waals surface area contributed by atoms with E-state index in [9.17, 15) is 0 Å². The lowest BCUT2D eigenvalue weighted by molar-refractivity contribution is 0.144. The minimum Gasteiger partial charge on any atom is -0.380 e. The van der Waals surface area contributed by atoms with Crippen LogP contribution in [0, 0.1) is 6.92 Å². The Morgan fingerprint density at radius 3 is 2.60 bits per heavy atom. The van der Waals surface area contributed by atoms with Gasteiger partial charge in [0.1, 0.15) is 0 Å². The van der Waals surface area contributed by atoms with E-state index in [1.807, 2.05) is 0 Å². The van der Waals surface area contributed by atoms with Crippen LogP contribution in [-0.2, 0) is 11.2 Å². The summed E-state index contributed by atoms with van der Waals surface area (Å²) in [6.45, 7) is 4.00. The van der Waals surface area contributed by atoms with E-state index in [0.717, 1.165) is 15.4 Å². The van der Waals surface area contributed by atoms with Crippen LogP contribution in [0.25, 0.3) is 0 Å². The van der Waals surface area contributed by atoms with Crippen LogP contribution in [0.5, 0.6) is 0 Å². The van der Waals surface area contributed by atoms with E-state index in [0.29, 0.717) is 19.8 Å². The summed E-state index contributed by atoms with van der Waals surface area (Å²) in [5.74, 6) is 0. The molecule has 0 aromatic heterocycles. The molecule has 0 spiro atoms. The molecule has 15 heavy (non-hydrogen) atoms. The lowest BCUT2D eigenvalue weighted by Gasteiger charge is -2.08. The maximum atomic E-state index is 5.35. The number of nitrogens with two attached hydrogens (primary N) is 1. The Balaban J connectivity index is 2.57. The molecular formula is C11H15Br2NO. The summed E-state index contributed by atoms with van der Waals surface area (Å²) in [4.78, 5) is 0. The molecule has 0 fully saturated rings. The highest BCUT2D eigenvalue weighted by Crippen LogP contribution is 2.25. The Morgan fingerprint density at radius 1 is 1.20 bits per heavy atom. The second-order valence-electron chi connectivity index (χ2n) is 3.34. The standard InChI is InChI=1S/C11H15Br2NO/c1-8-6-11(13)9(7-10(8)12)2-4-15-5-3-14/h6-7H,2-5,14H2,1H3. The predicted molar refractivity (Wildman–Crippen MR) is 70.2 cm³/mol. The third kappa shape index (κ3) is 4.23. The molecule has 0 bridgehead atoms. The van der Waals surface area contributed by atoms with Crippen LogP contribution in [0.4, 0.5) is 0 Å². The Morgan fingerprint density at radius 2 is 1.93 bits per heavy atom. The van der Waals surface area contributed by atoms with Gasteiger partial charge >= 0.3 is 0 Å². The summed E-state index contributed by atoms with van der Waals surface area (Å²) in [7, 11) is 0. The predicted octanol–water partition coefficient (Wildman–Crippen LogP) is 3.04. The maximum absolute atomic E-state index is 5.35. The molecule has 0 aliphatic heterocycles. The molecule has 0 saturated heterocycles. The monoisotopic (exact) mass is 335 g/mol. The fourth-order valence-corrected chi connectivity index (χ4v) is 2.29. The van der Waals surface area contributed by atoms with Gasteiger partial charge in [-0.05, 0) is 36.6 Å². The summed E-state index contributed by atoms with van der Waals surface area (Å²) in [5.41, 5.74) is 7.82. The van der Waals surface area contributed by atoms with Crippen LogP contribution < -0.4 is 5.73 Å². The van der Waals surface area contributed by atoms with Gasteiger partial charge in [0.15, 0.2) is 0 Å². The second kappa shape index (κ2) is 6.63. The quantitative estimate of drug-likeness (QED) is 0.839. The van der Waals surface area contributed by atoms with Gasteiger partial charge in [-0.3, -0.25) is 0 Å². The summed E-state index contributed by atoms with van der Waals surface area (Å²) in [6, 6.07) is 4.24. The van der Waals surface area contributed by atoms with Crippen LogP contribution in [0.3, 0.4) is 0 Å². The highest BCUT2D eigenvalue weighted by molar-refractivity contribution is 9.11. The van der Waals surface area contributed by atoms with Gasteiger partial charge in [-0.1, -0.05) is 31.9 Å². The van der Waals surface area contributed by atoms with Gasteiger partial charge in [0, 0.05) is 15.5 Å². The number of aryl methyl sites for hydroxylation is 1. The molecule has 84 valence electrons. The summed E-state index contributed by atoms with van der Waals surface area (Å²) in [6.07, 6.45) is 0.902. The van der Waals surface area contributed by atoms with Crippen molar-refractivity contribution in [3.63, 3.8) is 0 Å². The molecule has 0 aliphatic carbocycles. The molecule has 0 amide bonds. The third-order valence-electron chi connectivity index (χ3n) is 2.11. The van der Waals surface area contributed by atoms with Gasteiger partial charge in [-0.25, -0.2) is 0 Å². The fraction of sp³-hybridized carbons (Fsp3) is 0.455. The van der Waals surface area contributed by atoms with Crippen molar-refractivity contribution in [1.29, 1.82) is 0 Å². The average Bonchev–Trinajstić information content (AvgIpc) is 2.20. The van der Waals surface area contributed by atoms with Crippen LogP contribution in [0.15, 0.2) is 21.1 Å². The third-order valence-corrected chi connectivity index (χ3v) is 3.70. The molecule has 1 rings (SSSR count). The topological polar surface area (TPSA) is 35.2 Å². The first kappa shape index (κ1) is 13.2. The summed E-state index contributed by atoms with van der Waals surface area (Å²) >= 11 is 7.07. The molecule has 0 saturated carbocycles. The highest BCUT2D eigenvalue weighted by Gasteiger charge is 2.03. The van der Waals surface area contributed by atoms with Crippen LogP contribution in [0.2, 0.25) is 0 Å². The number of ether oxygens (including phenoxy) is 1. The largest absolute Gasteiger partial charge is 0.380 e. The molecule has 0 radical (unpaired) electrons. The molecule has 0 heterocycles. The summed E-state index contributed by atoms with van der Waals surface area (Å²) in [5, 5.41) is 0. The van der Waals surface area contributed by atoms with Crippen molar-refractivity contribution >= 4 is 31.9 Å². The van der Waals surface area contributed by atoms with Crippen LogP contribution >= 0.6 is 31.9 Å². The zero-order valence-corrected chi connectivity index (χ0v) is 11.9. The Labute approximate surface area is 107 Å². The van der Waals surface area contributed by atoms with Gasteiger partial charge < -0.3 is 10.5 Å². The lowest BCUT2D eigenvalue weighted by Crippen LogP contribution is -2.10.